The maximum Gasteiger partial charge on any atom is 0.317 e. The standard InChI is InChI=1S/C14H21N3O3S/c1-9-12(21-8-15-9)7-17(2)14(20)16-11-6-4-3-5-10(11)13(18)19/h8,10-11H,3-7H2,1-2H3,(H,16,20)(H,18,19). The highest BCUT2D eigenvalue weighted by Crippen LogP contribution is 2.25. The van der Waals surface area contributed by atoms with E-state index in [4.69, 9.17) is 0 Å². The van der Waals surface area contributed by atoms with Gasteiger partial charge in [0.2, 0.25) is 0 Å². The average molecular weight is 311 g/mol. The number of carboxylic acid groups (broad SMARTS) is 1. The van der Waals surface area contributed by atoms with Crippen LogP contribution in [0.4, 0.5) is 4.79 Å². The summed E-state index contributed by atoms with van der Waals surface area (Å²) in [6.07, 6.45) is 3.25. The number of rotatable bonds is 4. The summed E-state index contributed by atoms with van der Waals surface area (Å²) >= 11 is 1.52. The molecule has 2 unspecified atom stereocenters. The van der Waals surface area contributed by atoms with Gasteiger partial charge in [0.25, 0.3) is 0 Å². The van der Waals surface area contributed by atoms with Crippen molar-refractivity contribution in [3.63, 3.8) is 0 Å². The lowest BCUT2D eigenvalue weighted by Crippen LogP contribution is -2.49. The predicted octanol–water partition coefficient (Wildman–Crippen LogP) is 2.24. The summed E-state index contributed by atoms with van der Waals surface area (Å²) in [5, 5.41) is 12.1. The van der Waals surface area contributed by atoms with Gasteiger partial charge in [-0.1, -0.05) is 12.8 Å². The fourth-order valence-corrected chi connectivity index (χ4v) is 3.46. The average Bonchev–Trinajstić information content (AvgIpc) is 2.84. The number of carboxylic acids is 1. The van der Waals surface area contributed by atoms with Gasteiger partial charge in [0.1, 0.15) is 0 Å². The highest BCUT2D eigenvalue weighted by Gasteiger charge is 2.32. The van der Waals surface area contributed by atoms with E-state index in [1.165, 1.54) is 11.3 Å². The van der Waals surface area contributed by atoms with Crippen molar-refractivity contribution in [3.05, 3.63) is 16.1 Å². The van der Waals surface area contributed by atoms with Gasteiger partial charge in [-0.05, 0) is 19.8 Å². The summed E-state index contributed by atoms with van der Waals surface area (Å²) in [6.45, 7) is 2.41. The first-order valence-electron chi connectivity index (χ1n) is 7.12. The van der Waals surface area contributed by atoms with E-state index in [2.05, 4.69) is 10.3 Å². The molecular weight excluding hydrogens is 290 g/mol. The molecule has 0 aromatic carbocycles. The van der Waals surface area contributed by atoms with Crippen LogP contribution in [-0.2, 0) is 11.3 Å². The van der Waals surface area contributed by atoms with Crippen molar-refractivity contribution < 1.29 is 14.7 Å². The van der Waals surface area contributed by atoms with E-state index >= 15 is 0 Å². The second-order valence-electron chi connectivity index (χ2n) is 5.50. The van der Waals surface area contributed by atoms with Crippen molar-refractivity contribution in [1.82, 2.24) is 15.2 Å². The summed E-state index contributed by atoms with van der Waals surface area (Å²) in [6, 6.07) is -0.491. The lowest BCUT2D eigenvalue weighted by atomic mass is 9.84. The summed E-state index contributed by atoms with van der Waals surface area (Å²) in [5.74, 6) is -1.29. The van der Waals surface area contributed by atoms with Crippen LogP contribution in [0.2, 0.25) is 0 Å². The topological polar surface area (TPSA) is 82.5 Å². The molecule has 21 heavy (non-hydrogen) atoms. The van der Waals surface area contributed by atoms with Crippen LogP contribution in [0.25, 0.3) is 0 Å². The van der Waals surface area contributed by atoms with Crippen LogP contribution in [0.1, 0.15) is 36.3 Å². The lowest BCUT2D eigenvalue weighted by molar-refractivity contribution is -0.143. The van der Waals surface area contributed by atoms with Gasteiger partial charge in [0.05, 0.1) is 23.7 Å². The third-order valence-corrected chi connectivity index (χ3v) is 4.88. The summed E-state index contributed by atoms with van der Waals surface area (Å²) in [7, 11) is 1.72. The number of hydrogen-bond acceptors (Lipinski definition) is 4. The van der Waals surface area contributed by atoms with Gasteiger partial charge in [-0.3, -0.25) is 4.79 Å². The molecule has 6 nitrogen and oxygen atoms in total. The molecule has 0 aliphatic heterocycles. The zero-order valence-electron chi connectivity index (χ0n) is 12.3. The van der Waals surface area contributed by atoms with Gasteiger partial charge < -0.3 is 15.3 Å². The predicted molar refractivity (Wildman–Crippen MR) is 80.2 cm³/mol. The Balaban J connectivity index is 1.93. The molecule has 7 heteroatoms. The number of hydrogen-bond donors (Lipinski definition) is 2. The molecule has 0 radical (unpaired) electrons. The number of aryl methyl sites for hydroxylation is 1. The Morgan fingerprint density at radius 3 is 2.81 bits per heavy atom. The minimum atomic E-state index is -0.819. The van der Waals surface area contributed by atoms with Crippen LogP contribution >= 0.6 is 11.3 Å². The smallest absolute Gasteiger partial charge is 0.317 e. The summed E-state index contributed by atoms with van der Waals surface area (Å²) < 4.78 is 0. The third-order valence-electron chi connectivity index (χ3n) is 3.96. The first-order chi connectivity index (χ1) is 9.99. The second kappa shape index (κ2) is 6.89. The van der Waals surface area contributed by atoms with Gasteiger partial charge in [-0.2, -0.15) is 0 Å². The van der Waals surface area contributed by atoms with Crippen molar-refractivity contribution in [2.75, 3.05) is 7.05 Å². The lowest BCUT2D eigenvalue weighted by Gasteiger charge is -2.30. The molecule has 1 aromatic heterocycles. The number of carbonyl (C=O) groups is 2. The van der Waals surface area contributed by atoms with Crippen LogP contribution in [-0.4, -0.2) is 40.1 Å². The van der Waals surface area contributed by atoms with Crippen LogP contribution in [0.5, 0.6) is 0 Å². The molecule has 2 rings (SSSR count). The van der Waals surface area contributed by atoms with Gasteiger partial charge in [0.15, 0.2) is 0 Å². The molecule has 0 bridgehead atoms. The molecule has 2 N–H and O–H groups in total. The minimum absolute atomic E-state index is 0.221. The maximum absolute atomic E-state index is 12.2. The van der Waals surface area contributed by atoms with Gasteiger partial charge >= 0.3 is 12.0 Å². The molecule has 1 aromatic rings. The molecule has 1 fully saturated rings. The molecule has 1 saturated carbocycles. The number of aliphatic carboxylic acids is 1. The summed E-state index contributed by atoms with van der Waals surface area (Å²) in [4.78, 5) is 30.3. The highest BCUT2D eigenvalue weighted by molar-refractivity contribution is 7.09. The Bertz CT molecular complexity index is 517. The van der Waals surface area contributed by atoms with E-state index in [1.54, 1.807) is 17.5 Å². The Kier molecular flexibility index (Phi) is 5.17. The van der Waals surface area contributed by atoms with Crippen molar-refractivity contribution in [1.29, 1.82) is 0 Å². The molecule has 2 atom stereocenters. The largest absolute Gasteiger partial charge is 0.481 e. The van der Waals surface area contributed by atoms with E-state index in [9.17, 15) is 14.7 Å². The third kappa shape index (κ3) is 3.93. The Morgan fingerprint density at radius 1 is 1.48 bits per heavy atom. The van der Waals surface area contributed by atoms with Gasteiger partial charge in [-0.25, -0.2) is 9.78 Å². The monoisotopic (exact) mass is 311 g/mol. The normalized spacial score (nSPS) is 21.8. The van der Waals surface area contributed by atoms with Crippen LogP contribution in [0.15, 0.2) is 5.51 Å². The minimum Gasteiger partial charge on any atom is -0.481 e. The Hall–Kier alpha value is -1.63. The second-order valence-corrected chi connectivity index (χ2v) is 6.44. The molecule has 0 spiro atoms. The number of nitrogens with one attached hydrogen (secondary N) is 1. The number of amides is 2. The Labute approximate surface area is 128 Å². The zero-order chi connectivity index (χ0) is 15.4. The fraction of sp³-hybridized carbons (Fsp3) is 0.643. The first-order valence-corrected chi connectivity index (χ1v) is 8.00. The first kappa shape index (κ1) is 15.8. The Morgan fingerprint density at radius 2 is 2.19 bits per heavy atom. The van der Waals surface area contributed by atoms with Gasteiger partial charge in [-0.15, -0.1) is 11.3 Å². The molecule has 1 aliphatic carbocycles. The van der Waals surface area contributed by atoms with Crippen molar-refractivity contribution >= 4 is 23.3 Å². The maximum atomic E-state index is 12.2. The van der Waals surface area contributed by atoms with Crippen molar-refractivity contribution in [2.45, 2.75) is 45.2 Å². The van der Waals surface area contributed by atoms with E-state index < -0.39 is 11.9 Å². The molecule has 116 valence electrons. The molecular formula is C14H21N3O3S. The SMILES string of the molecule is Cc1ncsc1CN(C)C(=O)NC1CCCCC1C(=O)O. The molecule has 2 amide bonds. The van der Waals surface area contributed by atoms with Crippen LogP contribution in [0.3, 0.4) is 0 Å². The number of aromatic nitrogens is 1. The van der Waals surface area contributed by atoms with Crippen LogP contribution in [0, 0.1) is 12.8 Å². The van der Waals surface area contributed by atoms with E-state index in [0.29, 0.717) is 13.0 Å². The number of thiazole rings is 1. The van der Waals surface area contributed by atoms with E-state index in [1.807, 2.05) is 6.92 Å². The number of urea groups is 1. The summed E-state index contributed by atoms with van der Waals surface area (Å²) in [5.41, 5.74) is 2.69. The molecule has 0 saturated heterocycles. The molecule has 1 heterocycles. The van der Waals surface area contributed by atoms with Crippen LogP contribution < -0.4 is 5.32 Å². The van der Waals surface area contributed by atoms with E-state index in [-0.39, 0.29) is 12.1 Å². The van der Waals surface area contributed by atoms with E-state index in [0.717, 1.165) is 29.8 Å². The number of carbonyl (C=O) groups excluding carboxylic acids is 1. The quantitative estimate of drug-likeness (QED) is 0.893. The van der Waals surface area contributed by atoms with Crippen molar-refractivity contribution in [3.8, 4) is 0 Å². The highest BCUT2D eigenvalue weighted by atomic mass is 32.1. The zero-order valence-corrected chi connectivity index (χ0v) is 13.2. The van der Waals surface area contributed by atoms with Crippen molar-refractivity contribution in [2.24, 2.45) is 5.92 Å². The number of nitrogens with zero attached hydrogens (tertiary/aromatic N) is 2. The fourth-order valence-electron chi connectivity index (χ4n) is 2.63. The van der Waals surface area contributed by atoms with Gasteiger partial charge in [0, 0.05) is 18.0 Å². The molecule has 1 aliphatic rings.